The van der Waals surface area contributed by atoms with Gasteiger partial charge in [-0.2, -0.15) is 0 Å². The van der Waals surface area contributed by atoms with Crippen molar-refractivity contribution >= 4 is 23.4 Å². The summed E-state index contributed by atoms with van der Waals surface area (Å²) in [6, 6.07) is 7.57. The van der Waals surface area contributed by atoms with Crippen molar-refractivity contribution in [1.82, 2.24) is 4.90 Å². The first kappa shape index (κ1) is 15.7. The molecule has 1 aliphatic carbocycles. The molecule has 122 valence electrons. The normalized spacial score (nSPS) is 23.8. The Labute approximate surface area is 136 Å². The first-order valence-electron chi connectivity index (χ1n) is 8.34. The number of imide groups is 1. The Morgan fingerprint density at radius 3 is 2.35 bits per heavy atom. The molecule has 3 amide bonds. The van der Waals surface area contributed by atoms with Crippen LogP contribution in [0.4, 0.5) is 5.69 Å². The molecule has 5 nitrogen and oxygen atoms in total. The van der Waals surface area contributed by atoms with E-state index in [1.165, 1.54) is 0 Å². The number of carbonyl (C=O) groups is 3. The van der Waals surface area contributed by atoms with Crippen molar-refractivity contribution in [3.05, 3.63) is 29.8 Å². The van der Waals surface area contributed by atoms with Gasteiger partial charge in [0.05, 0.1) is 11.8 Å². The SMILES string of the molecule is CCc1ccccc1NC(=O)CN1C(=O)[C@H]2CCCC[C@H]2C1=O. The number of rotatable bonds is 4. The minimum Gasteiger partial charge on any atom is -0.324 e. The van der Waals surface area contributed by atoms with Crippen molar-refractivity contribution in [2.75, 3.05) is 11.9 Å². The number of aryl methyl sites for hydroxylation is 1. The molecule has 2 fully saturated rings. The Bertz CT molecular complexity index is 617. The van der Waals surface area contributed by atoms with Crippen LogP contribution in [0.3, 0.4) is 0 Å². The van der Waals surface area contributed by atoms with Gasteiger partial charge in [-0.25, -0.2) is 0 Å². The van der Waals surface area contributed by atoms with Gasteiger partial charge in [0.2, 0.25) is 17.7 Å². The van der Waals surface area contributed by atoms with Gasteiger partial charge in [-0.1, -0.05) is 38.0 Å². The van der Waals surface area contributed by atoms with Crippen LogP contribution in [0, 0.1) is 11.8 Å². The summed E-state index contributed by atoms with van der Waals surface area (Å²) in [6.45, 7) is 1.84. The molecule has 3 rings (SSSR count). The molecular weight excluding hydrogens is 292 g/mol. The van der Waals surface area contributed by atoms with E-state index in [2.05, 4.69) is 5.32 Å². The number of para-hydroxylation sites is 1. The third-order valence-electron chi connectivity index (χ3n) is 4.91. The van der Waals surface area contributed by atoms with Crippen LogP contribution >= 0.6 is 0 Å². The maximum absolute atomic E-state index is 12.4. The molecule has 1 heterocycles. The van der Waals surface area contributed by atoms with E-state index < -0.39 is 0 Å². The Kier molecular flexibility index (Phi) is 4.46. The van der Waals surface area contributed by atoms with Gasteiger partial charge < -0.3 is 5.32 Å². The highest BCUT2D eigenvalue weighted by molar-refractivity contribution is 6.08. The standard InChI is InChI=1S/C18H22N2O3/c1-2-12-7-3-6-10-15(12)19-16(21)11-20-17(22)13-8-4-5-9-14(13)18(20)23/h3,6-7,10,13-14H,2,4-5,8-9,11H2,1H3,(H,19,21)/t13-,14+. The highest BCUT2D eigenvalue weighted by atomic mass is 16.2. The fraction of sp³-hybridized carbons (Fsp3) is 0.500. The van der Waals surface area contributed by atoms with Gasteiger partial charge in [-0.15, -0.1) is 0 Å². The molecule has 23 heavy (non-hydrogen) atoms. The number of nitrogens with zero attached hydrogens (tertiary/aromatic N) is 1. The number of hydrogen-bond donors (Lipinski definition) is 1. The number of carbonyl (C=O) groups excluding carboxylic acids is 3. The molecule has 0 unspecified atom stereocenters. The van der Waals surface area contributed by atoms with Gasteiger partial charge in [0, 0.05) is 5.69 Å². The molecule has 5 heteroatoms. The summed E-state index contributed by atoms with van der Waals surface area (Å²) < 4.78 is 0. The molecule has 0 radical (unpaired) electrons. The van der Waals surface area contributed by atoms with Gasteiger partial charge >= 0.3 is 0 Å². The summed E-state index contributed by atoms with van der Waals surface area (Å²) in [5.74, 6) is -1.05. The number of hydrogen-bond acceptors (Lipinski definition) is 3. The van der Waals surface area contributed by atoms with E-state index in [-0.39, 0.29) is 36.1 Å². The summed E-state index contributed by atoms with van der Waals surface area (Å²) in [7, 11) is 0. The van der Waals surface area contributed by atoms with Crippen molar-refractivity contribution in [2.45, 2.75) is 39.0 Å². The van der Waals surface area contributed by atoms with E-state index in [1.807, 2.05) is 31.2 Å². The first-order chi connectivity index (χ1) is 11.1. The summed E-state index contributed by atoms with van der Waals surface area (Å²) in [4.78, 5) is 38.2. The average Bonchev–Trinajstić information content (AvgIpc) is 2.81. The van der Waals surface area contributed by atoms with Crippen LogP contribution in [-0.2, 0) is 20.8 Å². The van der Waals surface area contributed by atoms with E-state index in [0.29, 0.717) is 0 Å². The lowest BCUT2D eigenvalue weighted by Crippen LogP contribution is -2.38. The fourth-order valence-electron chi connectivity index (χ4n) is 3.67. The summed E-state index contributed by atoms with van der Waals surface area (Å²) in [5.41, 5.74) is 1.78. The van der Waals surface area contributed by atoms with Crippen molar-refractivity contribution in [1.29, 1.82) is 0 Å². The molecule has 1 N–H and O–H groups in total. The van der Waals surface area contributed by atoms with Crippen molar-refractivity contribution < 1.29 is 14.4 Å². The van der Waals surface area contributed by atoms with Crippen LogP contribution in [0.25, 0.3) is 0 Å². The summed E-state index contributed by atoms with van der Waals surface area (Å²) in [6.07, 6.45) is 4.33. The van der Waals surface area contributed by atoms with Gasteiger partial charge in [-0.05, 0) is 30.9 Å². The largest absolute Gasteiger partial charge is 0.324 e. The highest BCUT2D eigenvalue weighted by Crippen LogP contribution is 2.37. The number of likely N-dealkylation sites (tertiary alicyclic amines) is 1. The second-order valence-electron chi connectivity index (χ2n) is 6.32. The van der Waals surface area contributed by atoms with Gasteiger partial charge in [0.1, 0.15) is 6.54 Å². The molecule has 1 saturated carbocycles. The van der Waals surface area contributed by atoms with Gasteiger partial charge in [0.25, 0.3) is 0 Å². The fourth-order valence-corrected chi connectivity index (χ4v) is 3.67. The second-order valence-corrected chi connectivity index (χ2v) is 6.32. The Morgan fingerprint density at radius 2 is 1.74 bits per heavy atom. The van der Waals surface area contributed by atoms with Crippen LogP contribution < -0.4 is 5.32 Å². The van der Waals surface area contributed by atoms with E-state index in [9.17, 15) is 14.4 Å². The van der Waals surface area contributed by atoms with Crippen LogP contribution in [-0.4, -0.2) is 29.2 Å². The number of nitrogens with one attached hydrogen (secondary N) is 1. The minimum absolute atomic E-state index is 0.168. The topological polar surface area (TPSA) is 66.5 Å². The van der Waals surface area contributed by atoms with Crippen LogP contribution in [0.15, 0.2) is 24.3 Å². The minimum atomic E-state index is -0.314. The van der Waals surface area contributed by atoms with Crippen molar-refractivity contribution in [2.24, 2.45) is 11.8 Å². The molecule has 1 saturated heterocycles. The molecular formula is C18H22N2O3. The van der Waals surface area contributed by atoms with Gasteiger partial charge in [-0.3, -0.25) is 19.3 Å². The van der Waals surface area contributed by atoms with Crippen LogP contribution in [0.5, 0.6) is 0 Å². The monoisotopic (exact) mass is 314 g/mol. The van der Waals surface area contributed by atoms with E-state index in [0.717, 1.165) is 48.3 Å². The second kappa shape index (κ2) is 6.52. The smallest absolute Gasteiger partial charge is 0.244 e. The molecule has 1 aromatic carbocycles. The van der Waals surface area contributed by atoms with Crippen LogP contribution in [0.1, 0.15) is 38.2 Å². The predicted octanol–water partition coefficient (Wildman–Crippen LogP) is 2.36. The molecule has 1 aliphatic heterocycles. The van der Waals surface area contributed by atoms with E-state index >= 15 is 0 Å². The zero-order valence-corrected chi connectivity index (χ0v) is 13.4. The van der Waals surface area contributed by atoms with Gasteiger partial charge in [0.15, 0.2) is 0 Å². The molecule has 2 atom stereocenters. The maximum Gasteiger partial charge on any atom is 0.244 e. The lowest BCUT2D eigenvalue weighted by Gasteiger charge is -2.19. The predicted molar refractivity (Wildman–Crippen MR) is 86.6 cm³/mol. The zero-order chi connectivity index (χ0) is 16.4. The summed E-state index contributed by atoms with van der Waals surface area (Å²) >= 11 is 0. The summed E-state index contributed by atoms with van der Waals surface area (Å²) in [5, 5.41) is 2.83. The zero-order valence-electron chi connectivity index (χ0n) is 13.4. The lowest BCUT2D eigenvalue weighted by molar-refractivity contribution is -0.142. The Balaban J connectivity index is 1.68. The highest BCUT2D eigenvalue weighted by Gasteiger charge is 2.48. The van der Waals surface area contributed by atoms with E-state index in [4.69, 9.17) is 0 Å². The molecule has 2 aliphatic rings. The van der Waals surface area contributed by atoms with Crippen molar-refractivity contribution in [3.8, 4) is 0 Å². The number of amides is 3. The Hall–Kier alpha value is -2.17. The molecule has 1 aromatic rings. The maximum atomic E-state index is 12.4. The molecule has 0 aromatic heterocycles. The number of anilines is 1. The lowest BCUT2D eigenvalue weighted by atomic mass is 9.81. The third-order valence-corrected chi connectivity index (χ3v) is 4.91. The Morgan fingerprint density at radius 1 is 1.13 bits per heavy atom. The first-order valence-corrected chi connectivity index (χ1v) is 8.34. The van der Waals surface area contributed by atoms with E-state index in [1.54, 1.807) is 0 Å². The number of benzene rings is 1. The molecule has 0 bridgehead atoms. The van der Waals surface area contributed by atoms with Crippen LogP contribution in [0.2, 0.25) is 0 Å². The third kappa shape index (κ3) is 3.00. The average molecular weight is 314 g/mol. The molecule has 0 spiro atoms. The number of fused-ring (bicyclic) bond motifs is 1. The van der Waals surface area contributed by atoms with Crippen molar-refractivity contribution in [3.63, 3.8) is 0 Å². The quantitative estimate of drug-likeness (QED) is 0.868.